The molecule has 0 aromatic heterocycles. The number of hydrogen-bond acceptors (Lipinski definition) is 0. The quantitative estimate of drug-likeness (QED) is 0.186. The van der Waals surface area contributed by atoms with Gasteiger partial charge in [-0.15, -0.1) is 11.8 Å². The lowest BCUT2D eigenvalue weighted by molar-refractivity contribution is 0.567. The highest BCUT2D eigenvalue weighted by Crippen LogP contribution is 2.11. The average Bonchev–Trinajstić information content (AvgIpc) is 2.57. The van der Waals surface area contributed by atoms with Gasteiger partial charge >= 0.3 is 0 Å². The second-order valence-corrected chi connectivity index (χ2v) is 7.16. The summed E-state index contributed by atoms with van der Waals surface area (Å²) in [6.07, 6.45) is 26.2. The predicted octanol–water partition coefficient (Wildman–Crippen LogP) is 8.44. The van der Waals surface area contributed by atoms with Crippen LogP contribution in [-0.2, 0) is 0 Å². The zero-order chi connectivity index (χ0) is 16.8. The smallest absolute Gasteiger partial charge is 0.00886 e. The summed E-state index contributed by atoms with van der Waals surface area (Å²) in [5.41, 5.74) is 0. The number of rotatable bonds is 17. The second kappa shape index (κ2) is 21.6. The van der Waals surface area contributed by atoms with Crippen LogP contribution in [-0.4, -0.2) is 0 Å². The highest BCUT2D eigenvalue weighted by atomic mass is 14.0. The Morgan fingerprint density at radius 1 is 0.348 bits per heavy atom. The summed E-state index contributed by atoms with van der Waals surface area (Å²) in [7, 11) is 0. The molecular weight excluding hydrogens is 276 g/mol. The van der Waals surface area contributed by atoms with Crippen LogP contribution in [0.2, 0.25) is 0 Å². The fourth-order valence-corrected chi connectivity index (χ4v) is 3.05. The molecule has 0 amide bonds. The van der Waals surface area contributed by atoms with Crippen molar-refractivity contribution in [1.29, 1.82) is 0 Å². The Bertz CT molecular complexity index is 255. The molecule has 0 radical (unpaired) electrons. The molecule has 0 atom stereocenters. The van der Waals surface area contributed by atoms with Crippen LogP contribution in [0, 0.1) is 11.8 Å². The fourth-order valence-electron chi connectivity index (χ4n) is 3.05. The highest BCUT2D eigenvalue weighted by molar-refractivity contribution is 4.98. The molecule has 0 unspecified atom stereocenters. The Hall–Kier alpha value is -0.440. The van der Waals surface area contributed by atoms with Crippen molar-refractivity contribution in [2.24, 2.45) is 0 Å². The van der Waals surface area contributed by atoms with Crippen molar-refractivity contribution in [3.8, 4) is 11.8 Å². The van der Waals surface area contributed by atoms with Gasteiger partial charge < -0.3 is 0 Å². The minimum absolute atomic E-state index is 1.13. The molecule has 0 rings (SSSR count). The fraction of sp³-hybridized carbons (Fsp3) is 0.913. The van der Waals surface area contributed by atoms with Gasteiger partial charge in [0.25, 0.3) is 0 Å². The largest absolute Gasteiger partial charge is 0.103 e. The van der Waals surface area contributed by atoms with Gasteiger partial charge in [0.2, 0.25) is 0 Å². The van der Waals surface area contributed by atoms with Crippen LogP contribution in [0.4, 0.5) is 0 Å². The maximum atomic E-state index is 3.37. The van der Waals surface area contributed by atoms with Gasteiger partial charge in [0, 0.05) is 12.8 Å². The molecular formula is C23H44. The third-order valence-corrected chi connectivity index (χ3v) is 4.69. The molecule has 23 heavy (non-hydrogen) atoms. The van der Waals surface area contributed by atoms with Gasteiger partial charge in [0.1, 0.15) is 0 Å². The second-order valence-electron chi connectivity index (χ2n) is 7.16. The summed E-state index contributed by atoms with van der Waals surface area (Å²) < 4.78 is 0. The Balaban J connectivity index is 3.07. The minimum Gasteiger partial charge on any atom is -0.103 e. The van der Waals surface area contributed by atoms with E-state index in [9.17, 15) is 0 Å². The lowest BCUT2D eigenvalue weighted by Crippen LogP contribution is -1.81. The minimum atomic E-state index is 1.13. The summed E-state index contributed by atoms with van der Waals surface area (Å²) in [5.74, 6) is 6.74. The molecule has 0 fully saturated rings. The Kier molecular flexibility index (Phi) is 21.1. The van der Waals surface area contributed by atoms with E-state index in [4.69, 9.17) is 0 Å². The van der Waals surface area contributed by atoms with E-state index in [1.165, 1.54) is 109 Å². The van der Waals surface area contributed by atoms with Crippen LogP contribution in [0.25, 0.3) is 0 Å². The summed E-state index contributed by atoms with van der Waals surface area (Å²) in [6.45, 7) is 4.57. The van der Waals surface area contributed by atoms with Crippen LogP contribution in [0.3, 0.4) is 0 Å². The maximum absolute atomic E-state index is 3.37. The van der Waals surface area contributed by atoms with Crippen LogP contribution < -0.4 is 0 Å². The molecule has 0 aliphatic carbocycles. The standard InChI is InChI=1S/C23H44/c1-3-5-7-9-11-13-15-17-19-21-23-22-20-18-16-14-12-10-8-6-4-2/h3-21H2,1-2H3. The first-order valence-corrected chi connectivity index (χ1v) is 10.9. The maximum Gasteiger partial charge on any atom is 0.00886 e. The highest BCUT2D eigenvalue weighted by Gasteiger charge is 1.92. The van der Waals surface area contributed by atoms with Gasteiger partial charge in [-0.05, 0) is 12.8 Å². The molecule has 0 nitrogen and oxygen atoms in total. The Morgan fingerprint density at radius 2 is 0.609 bits per heavy atom. The molecule has 0 heteroatoms. The summed E-state index contributed by atoms with van der Waals surface area (Å²) >= 11 is 0. The van der Waals surface area contributed by atoms with Crippen LogP contribution in [0.15, 0.2) is 0 Å². The van der Waals surface area contributed by atoms with Gasteiger partial charge in [-0.25, -0.2) is 0 Å². The van der Waals surface area contributed by atoms with Gasteiger partial charge in [0.15, 0.2) is 0 Å². The Morgan fingerprint density at radius 3 is 0.913 bits per heavy atom. The SMILES string of the molecule is CCCCCCCCCCC#CCCCCCCCCCCC. The van der Waals surface area contributed by atoms with Crippen molar-refractivity contribution in [3.63, 3.8) is 0 Å². The van der Waals surface area contributed by atoms with Crippen molar-refractivity contribution < 1.29 is 0 Å². The predicted molar refractivity (Wildman–Crippen MR) is 107 cm³/mol. The van der Waals surface area contributed by atoms with Crippen molar-refractivity contribution in [2.75, 3.05) is 0 Å². The van der Waals surface area contributed by atoms with E-state index in [1.54, 1.807) is 0 Å². The normalized spacial score (nSPS) is 10.5. The van der Waals surface area contributed by atoms with Crippen LogP contribution >= 0.6 is 0 Å². The molecule has 0 aliphatic heterocycles. The third-order valence-electron chi connectivity index (χ3n) is 4.69. The van der Waals surface area contributed by atoms with E-state index in [0.29, 0.717) is 0 Å². The van der Waals surface area contributed by atoms with Crippen molar-refractivity contribution >= 4 is 0 Å². The summed E-state index contributed by atoms with van der Waals surface area (Å²) in [4.78, 5) is 0. The molecule has 0 aromatic rings. The molecule has 0 saturated carbocycles. The molecule has 136 valence electrons. The number of unbranched alkanes of at least 4 members (excludes halogenated alkanes) is 17. The monoisotopic (exact) mass is 320 g/mol. The van der Waals surface area contributed by atoms with E-state index in [-0.39, 0.29) is 0 Å². The third kappa shape index (κ3) is 21.6. The van der Waals surface area contributed by atoms with Crippen molar-refractivity contribution in [2.45, 2.75) is 136 Å². The van der Waals surface area contributed by atoms with Crippen LogP contribution in [0.5, 0.6) is 0 Å². The molecule has 0 aromatic carbocycles. The average molecular weight is 321 g/mol. The van der Waals surface area contributed by atoms with Gasteiger partial charge in [-0.1, -0.05) is 110 Å². The van der Waals surface area contributed by atoms with E-state index in [2.05, 4.69) is 25.7 Å². The molecule has 0 heterocycles. The van der Waals surface area contributed by atoms with Crippen LogP contribution in [0.1, 0.15) is 136 Å². The first kappa shape index (κ1) is 22.6. The van der Waals surface area contributed by atoms with E-state index in [1.807, 2.05) is 0 Å². The zero-order valence-corrected chi connectivity index (χ0v) is 16.4. The molecule has 0 spiro atoms. The van der Waals surface area contributed by atoms with Gasteiger partial charge in [-0.2, -0.15) is 0 Å². The van der Waals surface area contributed by atoms with E-state index in [0.717, 1.165) is 12.8 Å². The van der Waals surface area contributed by atoms with E-state index < -0.39 is 0 Å². The lowest BCUT2D eigenvalue weighted by Gasteiger charge is -2.00. The molecule has 0 bridgehead atoms. The van der Waals surface area contributed by atoms with Gasteiger partial charge in [-0.3, -0.25) is 0 Å². The van der Waals surface area contributed by atoms with Crippen molar-refractivity contribution in [1.82, 2.24) is 0 Å². The first-order valence-electron chi connectivity index (χ1n) is 10.9. The summed E-state index contributed by atoms with van der Waals surface area (Å²) in [5, 5.41) is 0. The molecule has 0 aliphatic rings. The molecule has 0 N–H and O–H groups in total. The van der Waals surface area contributed by atoms with E-state index >= 15 is 0 Å². The Labute approximate surface area is 148 Å². The zero-order valence-electron chi connectivity index (χ0n) is 16.4. The van der Waals surface area contributed by atoms with Gasteiger partial charge in [0.05, 0.1) is 0 Å². The van der Waals surface area contributed by atoms with Crippen molar-refractivity contribution in [3.05, 3.63) is 0 Å². The summed E-state index contributed by atoms with van der Waals surface area (Å²) in [6, 6.07) is 0. The first-order chi connectivity index (χ1) is 11.4. The topological polar surface area (TPSA) is 0 Å². The molecule has 0 saturated heterocycles. The lowest BCUT2D eigenvalue weighted by atomic mass is 10.1. The number of hydrogen-bond donors (Lipinski definition) is 0.